The number of nitrogens with one attached hydrogen (secondary N) is 3. The number of fused-ring (bicyclic) bond motifs is 3. The van der Waals surface area contributed by atoms with Gasteiger partial charge in [0, 0.05) is 82.5 Å². The molecule has 1 spiro atoms. The van der Waals surface area contributed by atoms with Crippen LogP contribution in [0.5, 0.6) is 0 Å². The Hall–Kier alpha value is -7.22. The third kappa shape index (κ3) is 22.8. The van der Waals surface area contributed by atoms with Crippen molar-refractivity contribution < 1.29 is 97.4 Å². The van der Waals surface area contributed by atoms with Crippen LogP contribution in [0, 0.1) is 40.4 Å². The molecule has 109 heavy (non-hydrogen) atoms. The zero-order valence-corrected chi connectivity index (χ0v) is 66.7. The maximum Gasteiger partial charge on any atom is 0.397 e. The van der Waals surface area contributed by atoms with Crippen LogP contribution in [0.3, 0.4) is 0 Å². The Morgan fingerprint density at radius 2 is 1.25 bits per heavy atom. The van der Waals surface area contributed by atoms with E-state index in [0.717, 1.165) is 29.4 Å². The molecule has 3 aliphatic carbocycles. The molecule has 25 nitrogen and oxygen atoms in total. The number of alkyl halides is 8. The molecule has 3 saturated carbocycles. The van der Waals surface area contributed by atoms with Crippen LogP contribution in [0.4, 0.5) is 35.1 Å². The Morgan fingerprint density at radius 1 is 0.642 bits per heavy atom. The molecule has 6 rings (SSSR count). The quantitative estimate of drug-likeness (QED) is 0.124. The van der Waals surface area contributed by atoms with Gasteiger partial charge in [0.2, 0.25) is 70.9 Å². The number of carbonyl (C=O) groups is 12. The normalized spacial score (nSPS) is 31.5. The highest BCUT2D eigenvalue weighted by atomic mass is 19.4. The summed E-state index contributed by atoms with van der Waals surface area (Å²) in [7, 11) is 10.7. The van der Waals surface area contributed by atoms with Gasteiger partial charge in [0.05, 0.1) is 31.5 Å². The summed E-state index contributed by atoms with van der Waals surface area (Å²) >= 11 is 0. The largest absolute Gasteiger partial charge is 0.397 e. The third-order valence-corrected chi connectivity index (χ3v) is 23.2. The first-order valence-corrected chi connectivity index (χ1v) is 38.5. The maximum absolute atomic E-state index is 15.7. The summed E-state index contributed by atoms with van der Waals surface area (Å²) in [4.78, 5) is 191. The average Bonchev–Trinajstić information content (AvgIpc) is 1.23. The van der Waals surface area contributed by atoms with Crippen molar-refractivity contribution in [2.24, 2.45) is 40.4 Å². The third-order valence-electron chi connectivity index (χ3n) is 23.2. The number of carbonyl (C=O) groups excluding carboxylic acids is 12. The van der Waals surface area contributed by atoms with Crippen molar-refractivity contribution in [3.05, 3.63) is 12.2 Å². The van der Waals surface area contributed by atoms with Crippen LogP contribution < -0.4 is 16.0 Å². The van der Waals surface area contributed by atoms with Crippen molar-refractivity contribution in [3.63, 3.8) is 0 Å². The molecule has 12 amide bonds. The zero-order chi connectivity index (χ0) is 82.1. The van der Waals surface area contributed by atoms with E-state index in [9.17, 15) is 55.1 Å². The molecule has 0 radical (unpaired) electrons. The van der Waals surface area contributed by atoms with Crippen LogP contribution >= 0.6 is 0 Å². The van der Waals surface area contributed by atoms with Gasteiger partial charge in [-0.05, 0) is 132 Å². The number of halogens is 8. The van der Waals surface area contributed by atoms with E-state index in [2.05, 4.69) is 16.0 Å². The molecule has 6 aliphatic rings. The maximum atomic E-state index is 15.7. The summed E-state index contributed by atoms with van der Waals surface area (Å²) in [6, 6.07) is -11.6. The number of amides is 12. The highest BCUT2D eigenvalue weighted by Crippen LogP contribution is 2.50. The first-order valence-electron chi connectivity index (χ1n) is 38.5. The van der Waals surface area contributed by atoms with E-state index in [0.29, 0.717) is 12.8 Å². The molecule has 0 aromatic heterocycles. The van der Waals surface area contributed by atoms with Crippen molar-refractivity contribution in [1.82, 2.24) is 60.0 Å². The molecule has 618 valence electrons. The van der Waals surface area contributed by atoms with Gasteiger partial charge in [-0.3, -0.25) is 57.5 Å². The summed E-state index contributed by atoms with van der Waals surface area (Å²) in [5, 5.41) is 8.41. The summed E-state index contributed by atoms with van der Waals surface area (Å²) in [6.45, 7) is 14.1. The molecule has 2 unspecified atom stereocenters. The van der Waals surface area contributed by atoms with Crippen LogP contribution in [0.1, 0.15) is 184 Å². The second-order valence-corrected chi connectivity index (χ2v) is 33.8. The Bertz CT molecular complexity index is 3270. The molecule has 3 heterocycles. The van der Waals surface area contributed by atoms with Crippen molar-refractivity contribution in [2.75, 3.05) is 89.2 Å². The molecule has 33 heteroatoms. The fourth-order valence-electron chi connectivity index (χ4n) is 16.9. The van der Waals surface area contributed by atoms with Gasteiger partial charge in [-0.1, -0.05) is 80.4 Å². The van der Waals surface area contributed by atoms with Crippen LogP contribution in [0.15, 0.2) is 12.2 Å². The molecule has 12 atom stereocenters. The Balaban J connectivity index is 1.50. The second-order valence-electron chi connectivity index (χ2n) is 33.8. The van der Waals surface area contributed by atoms with Gasteiger partial charge in [-0.15, -0.1) is 0 Å². The smallest absolute Gasteiger partial charge is 0.377 e. The molecule has 0 aromatic carbocycles. The van der Waals surface area contributed by atoms with E-state index in [1.54, 1.807) is 39.8 Å². The number of likely N-dealkylation sites (N-methyl/N-ethyl adjacent to an activating group) is 7. The van der Waals surface area contributed by atoms with Crippen molar-refractivity contribution >= 4 is 70.9 Å². The summed E-state index contributed by atoms with van der Waals surface area (Å²) in [5.41, 5.74) is -3.14. The number of rotatable bonds is 13. The zero-order valence-electron chi connectivity index (χ0n) is 66.7. The SMILES string of the molecule is CCC[C@H]1C(=O)N[C@@H]([C@@H](C)CC)C(=O)N(C)CC(=O)N(C)[C@H]2C/C=C\CCN(C2=O)[C@@H](CC2CCC(C(F)(F)F)CC2)C(=O)N(C)CC(=O)N[C@@H](CCC2CC(F)C(C(F)(F)F)C(F)C2)C(=O)N2C[C@H](OCC)C[C@H]2C(=O)NC2(CC(C)(C)C2)C(=O)N(C)[C@@H](CC(C)(C)C)C(=O)N(C)[C@@H](C(=O)N(C)C)CC(=O)N1C. The average molecular weight is 1560 g/mol. The van der Waals surface area contributed by atoms with Crippen LogP contribution in [-0.4, -0.2) is 289 Å². The van der Waals surface area contributed by atoms with Gasteiger partial charge in [0.15, 0.2) is 0 Å². The lowest BCUT2D eigenvalue weighted by atomic mass is 9.58. The molecule has 0 aromatic rings. The van der Waals surface area contributed by atoms with Crippen molar-refractivity contribution in [3.8, 4) is 0 Å². The lowest BCUT2D eigenvalue weighted by molar-refractivity contribution is -0.219. The monoisotopic (exact) mass is 1560 g/mol. The predicted molar refractivity (Wildman–Crippen MR) is 388 cm³/mol. The Morgan fingerprint density at radius 3 is 1.79 bits per heavy atom. The summed E-state index contributed by atoms with van der Waals surface area (Å²) in [5.74, 6) is -16.6. The highest BCUT2D eigenvalue weighted by Gasteiger charge is 2.60. The molecule has 2 saturated heterocycles. The van der Waals surface area contributed by atoms with Gasteiger partial charge >= 0.3 is 12.4 Å². The predicted octanol–water partition coefficient (Wildman–Crippen LogP) is 6.99. The summed E-state index contributed by atoms with van der Waals surface area (Å²) < 4.78 is 121. The molecular weight excluding hydrogens is 1440 g/mol. The molecule has 5 fully saturated rings. The van der Waals surface area contributed by atoms with Gasteiger partial charge in [-0.2, -0.15) is 26.3 Å². The number of hydrogen-bond acceptors (Lipinski definition) is 13. The van der Waals surface area contributed by atoms with Gasteiger partial charge in [-0.25, -0.2) is 8.78 Å². The fraction of sp³-hybridized carbons (Fsp3) is 0.816. The molecule has 3 aliphatic heterocycles. The van der Waals surface area contributed by atoms with Crippen molar-refractivity contribution in [2.45, 2.75) is 269 Å². The van der Waals surface area contributed by atoms with Crippen LogP contribution in [0.2, 0.25) is 0 Å². The Kier molecular flexibility index (Phi) is 31.1. The van der Waals surface area contributed by atoms with Gasteiger partial charge in [0.1, 0.15) is 72.1 Å². The van der Waals surface area contributed by atoms with E-state index in [1.807, 2.05) is 34.6 Å². The van der Waals surface area contributed by atoms with Crippen molar-refractivity contribution in [1.29, 1.82) is 0 Å². The number of nitrogens with zero attached hydrogens (tertiary/aromatic N) is 9. The number of hydrogen-bond donors (Lipinski definition) is 3. The first-order chi connectivity index (χ1) is 50.5. The first kappa shape index (κ1) is 90.7. The lowest BCUT2D eigenvalue weighted by Gasteiger charge is -2.54. The van der Waals surface area contributed by atoms with E-state index in [1.165, 1.54) is 71.1 Å². The van der Waals surface area contributed by atoms with E-state index < -0.39 is 235 Å². The highest BCUT2D eigenvalue weighted by molar-refractivity contribution is 6.01. The Labute approximate surface area is 636 Å². The van der Waals surface area contributed by atoms with E-state index in [-0.39, 0.29) is 103 Å². The molecular formula is C76H120F8N12O13. The standard InChI is InChI=1S/C76H120F8N12O13/c1-18-24-52-63(100)86-62(44(4)19-2)70(107)90(13)41-60(99)92(15)53-25-22-21-23-32-95(69(53)106)56(35-45-26-29-47(30-27-45)75(79,80)81)67(104)89(12)40-58(97)85-51(31-28-46-33-49(77)61(50(78)34-46)76(82,83)84)65(102)96-39-48(109-20-3)36-54(96)64(101)87-74(42-73(8,9)43-74)71(108)94(17)57(38-72(5,6)7)68(105)93(16)55(66(103)88(10)11)37-59(98)91(52)14/h21-22,44-57,61-62H,18-20,23-43H2,1-17H3,(H,85,97)(H,86,100)(H,87,101)/b22-21-/t44-,45?,46?,47?,48+,49?,50?,51-,52-,53-,54-,55+,56-,57-,61?,62-/m0/s1. The minimum atomic E-state index is -5.22. The fourth-order valence-corrected chi connectivity index (χ4v) is 16.9. The number of ether oxygens (including phenoxy) is 1. The molecule has 2 bridgehead atoms. The minimum absolute atomic E-state index is 0.00915. The van der Waals surface area contributed by atoms with Gasteiger partial charge in [0.25, 0.3) is 0 Å². The molecule has 3 N–H and O–H groups in total. The van der Waals surface area contributed by atoms with E-state index in [4.69, 9.17) is 4.74 Å². The van der Waals surface area contributed by atoms with Gasteiger partial charge < -0.3 is 64.8 Å². The minimum Gasteiger partial charge on any atom is -0.377 e. The topological polar surface area (TPSA) is 279 Å². The van der Waals surface area contributed by atoms with Crippen LogP contribution in [-0.2, 0) is 62.3 Å². The van der Waals surface area contributed by atoms with E-state index >= 15 is 37.5 Å². The van der Waals surface area contributed by atoms with Crippen LogP contribution in [0.25, 0.3) is 0 Å². The lowest BCUT2D eigenvalue weighted by Crippen LogP contribution is -2.71. The summed E-state index contributed by atoms with van der Waals surface area (Å²) in [6.07, 6.45) is -15.9. The second kappa shape index (κ2) is 37.4.